The molecule has 0 spiro atoms. The van der Waals surface area contributed by atoms with Crippen molar-refractivity contribution < 1.29 is 9.90 Å². The van der Waals surface area contributed by atoms with Crippen molar-refractivity contribution in [2.45, 2.75) is 28.4 Å². The van der Waals surface area contributed by atoms with Gasteiger partial charge in [0.05, 0.1) is 5.38 Å². The first-order valence-corrected chi connectivity index (χ1v) is 4.79. The molecule has 0 heterocycles. The predicted molar refractivity (Wildman–Crippen MR) is 51.6 cm³/mol. The van der Waals surface area contributed by atoms with Crippen molar-refractivity contribution in [3.8, 4) is 0 Å². The smallest absolute Gasteiger partial charge is 0.321 e. The SMILES string of the molecule is CC(Cl)C(Cl)(Cl)CC(Cl)C(=O)O. The molecule has 0 aliphatic heterocycles. The van der Waals surface area contributed by atoms with E-state index in [1.54, 1.807) is 6.92 Å². The molecule has 0 aromatic rings. The van der Waals surface area contributed by atoms with E-state index in [0.717, 1.165) is 0 Å². The maximum Gasteiger partial charge on any atom is 0.321 e. The monoisotopic (exact) mass is 252 g/mol. The summed E-state index contributed by atoms with van der Waals surface area (Å²) in [5.74, 6) is -1.15. The van der Waals surface area contributed by atoms with Gasteiger partial charge in [-0.2, -0.15) is 0 Å². The van der Waals surface area contributed by atoms with Gasteiger partial charge in [-0.1, -0.05) is 23.2 Å². The molecule has 0 aromatic heterocycles. The highest BCUT2D eigenvalue weighted by molar-refractivity contribution is 6.52. The van der Waals surface area contributed by atoms with Gasteiger partial charge in [-0.15, -0.1) is 23.2 Å². The Labute approximate surface area is 90.7 Å². The largest absolute Gasteiger partial charge is 0.480 e. The Kier molecular flexibility index (Phi) is 5.00. The third kappa shape index (κ3) is 4.04. The zero-order valence-corrected chi connectivity index (χ0v) is 9.25. The second-order valence-corrected chi connectivity index (χ2v) is 5.11. The van der Waals surface area contributed by atoms with Gasteiger partial charge in [0.2, 0.25) is 0 Å². The van der Waals surface area contributed by atoms with E-state index in [4.69, 9.17) is 51.5 Å². The number of hydrogen-bond donors (Lipinski definition) is 1. The summed E-state index contributed by atoms with van der Waals surface area (Å²) in [5.41, 5.74) is 0. The zero-order chi connectivity index (χ0) is 9.94. The van der Waals surface area contributed by atoms with E-state index in [9.17, 15) is 4.79 Å². The van der Waals surface area contributed by atoms with Crippen LogP contribution in [-0.4, -0.2) is 26.2 Å². The molecule has 0 bridgehead atoms. The van der Waals surface area contributed by atoms with Gasteiger partial charge in [-0.05, 0) is 6.92 Å². The van der Waals surface area contributed by atoms with Gasteiger partial charge in [-0.25, -0.2) is 0 Å². The highest BCUT2D eigenvalue weighted by Crippen LogP contribution is 2.35. The Morgan fingerprint density at radius 1 is 1.50 bits per heavy atom. The molecule has 0 rings (SSSR count). The van der Waals surface area contributed by atoms with Gasteiger partial charge >= 0.3 is 5.97 Å². The van der Waals surface area contributed by atoms with Crippen LogP contribution in [0, 0.1) is 0 Å². The molecular formula is C6H8Cl4O2. The fourth-order valence-corrected chi connectivity index (χ4v) is 1.29. The molecule has 0 amide bonds. The van der Waals surface area contributed by atoms with Gasteiger partial charge in [0.25, 0.3) is 0 Å². The zero-order valence-electron chi connectivity index (χ0n) is 6.23. The molecule has 12 heavy (non-hydrogen) atoms. The molecule has 1 N–H and O–H groups in total. The van der Waals surface area contributed by atoms with Crippen LogP contribution in [0.2, 0.25) is 0 Å². The van der Waals surface area contributed by atoms with E-state index in [0.29, 0.717) is 0 Å². The lowest BCUT2D eigenvalue weighted by atomic mass is 10.2. The third-order valence-corrected chi connectivity index (χ3v) is 3.20. The summed E-state index contributed by atoms with van der Waals surface area (Å²) < 4.78 is -1.30. The standard InChI is InChI=1S/C6H8Cl4O2/c1-3(7)6(9,10)2-4(8)5(11)12/h3-4H,2H2,1H3,(H,11,12). The van der Waals surface area contributed by atoms with E-state index >= 15 is 0 Å². The van der Waals surface area contributed by atoms with Crippen molar-refractivity contribution in [2.75, 3.05) is 0 Å². The van der Waals surface area contributed by atoms with Gasteiger partial charge in [0, 0.05) is 6.42 Å². The summed E-state index contributed by atoms with van der Waals surface area (Å²) in [6, 6.07) is 0. The molecule has 0 aromatic carbocycles. The minimum absolute atomic E-state index is 0.0856. The minimum atomic E-state index is -1.30. The average Bonchev–Trinajstić information content (AvgIpc) is 1.85. The van der Waals surface area contributed by atoms with E-state index in [1.807, 2.05) is 0 Å². The molecule has 2 nitrogen and oxygen atoms in total. The molecule has 0 fully saturated rings. The summed E-state index contributed by atoms with van der Waals surface area (Å²) in [5, 5.41) is 6.77. The molecule has 2 atom stereocenters. The number of aliphatic carboxylic acids is 1. The van der Waals surface area contributed by atoms with Crippen LogP contribution in [0.4, 0.5) is 0 Å². The predicted octanol–water partition coefficient (Wildman–Crippen LogP) is 2.87. The summed E-state index contributed by atoms with van der Waals surface area (Å²) in [6.07, 6.45) is -0.0856. The van der Waals surface area contributed by atoms with Crippen LogP contribution in [0.5, 0.6) is 0 Å². The number of hydrogen-bond acceptors (Lipinski definition) is 1. The Balaban J connectivity index is 4.15. The highest BCUT2D eigenvalue weighted by Gasteiger charge is 2.35. The number of carboxylic acid groups (broad SMARTS) is 1. The Morgan fingerprint density at radius 2 is 1.92 bits per heavy atom. The van der Waals surface area contributed by atoms with Gasteiger partial charge in [0.15, 0.2) is 0 Å². The van der Waals surface area contributed by atoms with E-state index < -0.39 is 21.1 Å². The molecule has 0 saturated heterocycles. The molecule has 0 aliphatic rings. The lowest BCUT2D eigenvalue weighted by Gasteiger charge is -2.22. The second-order valence-electron chi connectivity index (χ2n) is 2.39. The molecule has 72 valence electrons. The maximum absolute atomic E-state index is 10.3. The number of alkyl halides is 4. The van der Waals surface area contributed by atoms with Crippen molar-refractivity contribution in [2.24, 2.45) is 0 Å². The van der Waals surface area contributed by atoms with E-state index in [-0.39, 0.29) is 6.42 Å². The normalized spacial score (nSPS) is 17.1. The number of carbonyl (C=O) groups is 1. The van der Waals surface area contributed by atoms with E-state index in [1.165, 1.54) is 0 Å². The first-order chi connectivity index (χ1) is 5.27. The van der Waals surface area contributed by atoms with Crippen molar-refractivity contribution in [1.82, 2.24) is 0 Å². The molecular weight excluding hydrogens is 246 g/mol. The summed E-state index contributed by atoms with van der Waals surface area (Å²) >= 11 is 22.4. The van der Waals surface area contributed by atoms with Crippen molar-refractivity contribution in [3.05, 3.63) is 0 Å². The molecule has 0 saturated carbocycles. The average molecular weight is 254 g/mol. The Bertz CT molecular complexity index is 169. The topological polar surface area (TPSA) is 37.3 Å². The Morgan fingerprint density at radius 3 is 2.17 bits per heavy atom. The number of rotatable bonds is 4. The summed E-state index contributed by atoms with van der Waals surface area (Å²) in [4.78, 5) is 10.3. The first kappa shape index (κ1) is 12.6. The van der Waals surface area contributed by atoms with Crippen LogP contribution in [0.25, 0.3) is 0 Å². The van der Waals surface area contributed by atoms with Crippen LogP contribution in [-0.2, 0) is 4.79 Å². The molecule has 2 unspecified atom stereocenters. The Hall–Kier alpha value is 0.630. The van der Waals surface area contributed by atoms with Crippen LogP contribution in [0.1, 0.15) is 13.3 Å². The fraction of sp³-hybridized carbons (Fsp3) is 0.833. The lowest BCUT2D eigenvalue weighted by molar-refractivity contribution is -0.136. The van der Waals surface area contributed by atoms with E-state index in [2.05, 4.69) is 0 Å². The first-order valence-electron chi connectivity index (χ1n) is 3.16. The highest BCUT2D eigenvalue weighted by atomic mass is 35.5. The third-order valence-electron chi connectivity index (χ3n) is 1.30. The summed E-state index contributed by atoms with van der Waals surface area (Å²) in [7, 11) is 0. The summed E-state index contributed by atoms with van der Waals surface area (Å²) in [6.45, 7) is 1.58. The van der Waals surface area contributed by atoms with Crippen molar-refractivity contribution in [3.63, 3.8) is 0 Å². The maximum atomic E-state index is 10.3. The van der Waals surface area contributed by atoms with Gasteiger partial charge in [0.1, 0.15) is 9.71 Å². The fourth-order valence-electron chi connectivity index (χ4n) is 0.489. The molecule has 0 radical (unpaired) electrons. The second kappa shape index (κ2) is 4.75. The van der Waals surface area contributed by atoms with Gasteiger partial charge < -0.3 is 5.11 Å². The number of carboxylic acids is 1. The van der Waals surface area contributed by atoms with Crippen LogP contribution in [0.15, 0.2) is 0 Å². The molecule has 6 heteroatoms. The molecule has 0 aliphatic carbocycles. The van der Waals surface area contributed by atoms with Crippen LogP contribution in [0.3, 0.4) is 0 Å². The minimum Gasteiger partial charge on any atom is -0.480 e. The van der Waals surface area contributed by atoms with Crippen molar-refractivity contribution >= 4 is 52.4 Å². The van der Waals surface area contributed by atoms with Gasteiger partial charge in [-0.3, -0.25) is 4.79 Å². The quantitative estimate of drug-likeness (QED) is 0.783. The van der Waals surface area contributed by atoms with Crippen LogP contribution < -0.4 is 0 Å². The number of halogens is 4. The van der Waals surface area contributed by atoms with Crippen molar-refractivity contribution in [1.29, 1.82) is 0 Å². The lowest BCUT2D eigenvalue weighted by Crippen LogP contribution is -2.30. The van der Waals surface area contributed by atoms with Crippen LogP contribution >= 0.6 is 46.4 Å².